The third kappa shape index (κ3) is 5.99. The molecule has 0 aromatic carbocycles. The van der Waals surface area contributed by atoms with Crippen molar-refractivity contribution < 1.29 is 8.95 Å². The molecule has 0 aromatic heterocycles. The van der Waals surface area contributed by atoms with Gasteiger partial charge in [0.15, 0.2) is 0 Å². The topological polar surface area (TPSA) is 26.3 Å². The zero-order valence-electron chi connectivity index (χ0n) is 6.05. The highest BCUT2D eigenvalue weighted by Gasteiger charge is 1.93. The van der Waals surface area contributed by atoms with Crippen molar-refractivity contribution >= 4 is 10.8 Å². The van der Waals surface area contributed by atoms with Crippen LogP contribution in [0.25, 0.3) is 0 Å². The molecular weight excluding hydrogens is 136 g/mol. The molecule has 0 radical (unpaired) electrons. The molecule has 1 unspecified atom stereocenters. The SMILES string of the molecule is CCS(=O)CCCOC. The van der Waals surface area contributed by atoms with E-state index in [1.54, 1.807) is 7.11 Å². The number of methoxy groups -OCH3 is 1. The quantitative estimate of drug-likeness (QED) is 0.542. The van der Waals surface area contributed by atoms with Gasteiger partial charge in [0, 0.05) is 36.0 Å². The highest BCUT2D eigenvalue weighted by Crippen LogP contribution is 1.86. The lowest BCUT2D eigenvalue weighted by Gasteiger charge is -1.96. The molecule has 0 amide bonds. The van der Waals surface area contributed by atoms with E-state index in [2.05, 4.69) is 0 Å². The molecule has 3 heteroatoms. The van der Waals surface area contributed by atoms with Crippen molar-refractivity contribution in [3.05, 3.63) is 0 Å². The van der Waals surface area contributed by atoms with Gasteiger partial charge in [0.2, 0.25) is 0 Å². The van der Waals surface area contributed by atoms with E-state index in [9.17, 15) is 4.21 Å². The van der Waals surface area contributed by atoms with E-state index < -0.39 is 10.8 Å². The number of rotatable bonds is 5. The van der Waals surface area contributed by atoms with Crippen molar-refractivity contribution in [2.45, 2.75) is 13.3 Å². The normalized spacial score (nSPS) is 13.6. The van der Waals surface area contributed by atoms with Crippen LogP contribution in [0.2, 0.25) is 0 Å². The molecule has 1 atom stereocenters. The van der Waals surface area contributed by atoms with E-state index in [0.29, 0.717) is 0 Å². The molecule has 0 rings (SSSR count). The summed E-state index contributed by atoms with van der Waals surface area (Å²) in [7, 11) is 1.05. The van der Waals surface area contributed by atoms with Gasteiger partial charge in [-0.15, -0.1) is 0 Å². The third-order valence-electron chi connectivity index (χ3n) is 1.04. The van der Waals surface area contributed by atoms with Gasteiger partial charge in [-0.25, -0.2) is 0 Å². The summed E-state index contributed by atoms with van der Waals surface area (Å²) in [5, 5.41) is 0. The fraction of sp³-hybridized carbons (Fsp3) is 1.00. The van der Waals surface area contributed by atoms with Crippen LogP contribution in [-0.4, -0.2) is 29.4 Å². The Morgan fingerprint density at radius 3 is 2.67 bits per heavy atom. The summed E-state index contributed by atoms with van der Waals surface area (Å²) in [5.41, 5.74) is 0. The minimum absolute atomic E-state index is 0.608. The Balaban J connectivity index is 2.97. The number of hydrogen-bond donors (Lipinski definition) is 0. The Kier molecular flexibility index (Phi) is 6.31. The van der Waals surface area contributed by atoms with Crippen molar-refractivity contribution in [3.8, 4) is 0 Å². The maximum absolute atomic E-state index is 10.7. The van der Waals surface area contributed by atoms with Gasteiger partial charge in [-0.1, -0.05) is 6.92 Å². The molecule has 56 valence electrons. The fourth-order valence-electron chi connectivity index (χ4n) is 0.509. The summed E-state index contributed by atoms with van der Waals surface area (Å²) in [5.74, 6) is 1.55. The standard InChI is InChI=1S/C6H14O2S/c1-3-9(7)6-4-5-8-2/h3-6H2,1-2H3. The molecule has 0 saturated carbocycles. The molecule has 0 bridgehead atoms. The largest absolute Gasteiger partial charge is 0.385 e. The van der Waals surface area contributed by atoms with E-state index in [0.717, 1.165) is 24.5 Å². The fourth-order valence-corrected chi connectivity index (χ4v) is 1.24. The first kappa shape index (κ1) is 9.11. The van der Waals surface area contributed by atoms with Gasteiger partial charge >= 0.3 is 0 Å². The molecule has 0 spiro atoms. The second-order valence-electron chi connectivity index (χ2n) is 1.78. The van der Waals surface area contributed by atoms with Gasteiger partial charge in [0.05, 0.1) is 0 Å². The zero-order valence-corrected chi connectivity index (χ0v) is 6.87. The Morgan fingerprint density at radius 1 is 1.56 bits per heavy atom. The van der Waals surface area contributed by atoms with E-state index in [1.165, 1.54) is 0 Å². The van der Waals surface area contributed by atoms with E-state index >= 15 is 0 Å². The number of hydrogen-bond acceptors (Lipinski definition) is 2. The van der Waals surface area contributed by atoms with Crippen LogP contribution in [0.15, 0.2) is 0 Å². The molecular formula is C6H14O2S. The van der Waals surface area contributed by atoms with Crippen molar-refractivity contribution in [1.82, 2.24) is 0 Å². The lowest BCUT2D eigenvalue weighted by atomic mass is 10.5. The molecule has 0 aliphatic rings. The molecule has 0 N–H and O–H groups in total. The van der Waals surface area contributed by atoms with Crippen LogP contribution >= 0.6 is 0 Å². The molecule has 0 saturated heterocycles. The van der Waals surface area contributed by atoms with Crippen molar-refractivity contribution in [2.75, 3.05) is 25.2 Å². The van der Waals surface area contributed by atoms with E-state index in [4.69, 9.17) is 4.74 Å². The highest BCUT2D eigenvalue weighted by atomic mass is 32.2. The van der Waals surface area contributed by atoms with Gasteiger partial charge in [-0.2, -0.15) is 0 Å². The summed E-state index contributed by atoms with van der Waals surface area (Å²) >= 11 is 0. The first-order valence-electron chi connectivity index (χ1n) is 3.15. The Labute approximate surface area is 59.1 Å². The Morgan fingerprint density at radius 2 is 2.22 bits per heavy atom. The molecule has 0 aliphatic heterocycles. The molecule has 0 aliphatic carbocycles. The summed E-state index contributed by atoms with van der Waals surface area (Å²) < 4.78 is 15.5. The average molecular weight is 150 g/mol. The van der Waals surface area contributed by atoms with E-state index in [-0.39, 0.29) is 0 Å². The van der Waals surface area contributed by atoms with Crippen LogP contribution in [0.1, 0.15) is 13.3 Å². The average Bonchev–Trinajstić information content (AvgIpc) is 1.89. The Bertz CT molecular complexity index is 83.1. The third-order valence-corrected chi connectivity index (χ3v) is 2.43. The second kappa shape index (κ2) is 6.23. The predicted molar refractivity (Wildman–Crippen MR) is 40.0 cm³/mol. The molecule has 2 nitrogen and oxygen atoms in total. The van der Waals surface area contributed by atoms with Crippen molar-refractivity contribution in [2.24, 2.45) is 0 Å². The molecule has 0 fully saturated rings. The minimum Gasteiger partial charge on any atom is -0.385 e. The van der Waals surface area contributed by atoms with Gasteiger partial charge in [-0.3, -0.25) is 4.21 Å². The highest BCUT2D eigenvalue weighted by molar-refractivity contribution is 7.84. The maximum Gasteiger partial charge on any atom is 0.0471 e. The minimum atomic E-state index is -0.608. The summed E-state index contributed by atoms with van der Waals surface area (Å²) in [6.45, 7) is 2.66. The molecule has 0 heterocycles. The van der Waals surface area contributed by atoms with Crippen molar-refractivity contribution in [3.63, 3.8) is 0 Å². The maximum atomic E-state index is 10.7. The summed E-state index contributed by atoms with van der Waals surface area (Å²) in [6.07, 6.45) is 0.914. The van der Waals surface area contributed by atoms with Crippen LogP contribution in [0.4, 0.5) is 0 Å². The Hall–Kier alpha value is 0.110. The van der Waals surface area contributed by atoms with Crippen LogP contribution in [0, 0.1) is 0 Å². The van der Waals surface area contributed by atoms with Crippen LogP contribution in [0.5, 0.6) is 0 Å². The van der Waals surface area contributed by atoms with Gasteiger partial charge in [0.1, 0.15) is 0 Å². The smallest absolute Gasteiger partial charge is 0.0471 e. The van der Waals surface area contributed by atoms with Crippen molar-refractivity contribution in [1.29, 1.82) is 0 Å². The van der Waals surface area contributed by atoms with Gasteiger partial charge in [0.25, 0.3) is 0 Å². The van der Waals surface area contributed by atoms with Gasteiger partial charge < -0.3 is 4.74 Å². The molecule has 9 heavy (non-hydrogen) atoms. The lowest BCUT2D eigenvalue weighted by Crippen LogP contribution is -2.02. The first-order valence-corrected chi connectivity index (χ1v) is 4.64. The van der Waals surface area contributed by atoms with Crippen LogP contribution in [0.3, 0.4) is 0 Å². The zero-order chi connectivity index (χ0) is 7.11. The van der Waals surface area contributed by atoms with Crippen LogP contribution in [-0.2, 0) is 15.5 Å². The second-order valence-corrected chi connectivity index (χ2v) is 3.64. The van der Waals surface area contributed by atoms with Crippen LogP contribution < -0.4 is 0 Å². The lowest BCUT2D eigenvalue weighted by molar-refractivity contribution is 0.200. The summed E-state index contributed by atoms with van der Waals surface area (Å²) in [4.78, 5) is 0. The monoisotopic (exact) mass is 150 g/mol. The van der Waals surface area contributed by atoms with Gasteiger partial charge in [-0.05, 0) is 6.42 Å². The first-order chi connectivity index (χ1) is 4.31. The summed E-state index contributed by atoms with van der Waals surface area (Å²) in [6, 6.07) is 0. The molecule has 0 aromatic rings. The van der Waals surface area contributed by atoms with E-state index in [1.807, 2.05) is 6.92 Å². The number of ether oxygens (including phenoxy) is 1. The predicted octanol–water partition coefficient (Wildman–Crippen LogP) is 0.791.